The molecule has 1 aliphatic rings. The minimum absolute atomic E-state index is 0.146. The molecule has 0 amide bonds. The van der Waals surface area contributed by atoms with E-state index < -0.39 is 23.6 Å². The molecular weight excluding hydrogens is 363 g/mol. The van der Waals surface area contributed by atoms with Gasteiger partial charge in [0.15, 0.2) is 5.82 Å². The van der Waals surface area contributed by atoms with Crippen molar-refractivity contribution in [1.82, 2.24) is 10.1 Å². The number of nitriles is 1. The van der Waals surface area contributed by atoms with Crippen LogP contribution in [0.25, 0.3) is 11.4 Å². The van der Waals surface area contributed by atoms with Gasteiger partial charge in [0.05, 0.1) is 17.2 Å². The summed E-state index contributed by atoms with van der Waals surface area (Å²) in [6.07, 6.45) is -4.77. The Balaban J connectivity index is 1.70. The lowest BCUT2D eigenvalue weighted by atomic mass is 9.98. The zero-order valence-electron chi connectivity index (χ0n) is 13.5. The van der Waals surface area contributed by atoms with Crippen LogP contribution in [0.4, 0.5) is 13.2 Å². The standard InChI is InChI=1S/C18H10F3N3O3/c19-18(20,21)13-1-2-14-11(6-13)7-15(26-14)10-3-9(8-22)4-12(5-10)16-23-17(25)27-24-16/h1-6,15H,7H2,(H,23,24,25). The average molecular weight is 373 g/mol. The summed E-state index contributed by atoms with van der Waals surface area (Å²) >= 11 is 0. The Hall–Kier alpha value is -3.54. The van der Waals surface area contributed by atoms with Crippen LogP contribution in [0.3, 0.4) is 0 Å². The Bertz CT molecular complexity index is 1130. The highest BCUT2D eigenvalue weighted by Gasteiger charge is 2.33. The fourth-order valence-electron chi connectivity index (χ4n) is 3.00. The molecule has 0 radical (unpaired) electrons. The van der Waals surface area contributed by atoms with E-state index in [-0.39, 0.29) is 12.2 Å². The van der Waals surface area contributed by atoms with Crippen LogP contribution in [0.2, 0.25) is 0 Å². The highest BCUT2D eigenvalue weighted by Crippen LogP contribution is 2.40. The lowest BCUT2D eigenvalue weighted by Gasteiger charge is -2.12. The van der Waals surface area contributed by atoms with Gasteiger partial charge in [0.25, 0.3) is 0 Å². The van der Waals surface area contributed by atoms with E-state index in [0.29, 0.717) is 28.0 Å². The number of aromatic nitrogens is 2. The first-order valence-corrected chi connectivity index (χ1v) is 7.82. The van der Waals surface area contributed by atoms with Gasteiger partial charge in [-0.2, -0.15) is 18.4 Å². The summed E-state index contributed by atoms with van der Waals surface area (Å²) in [7, 11) is 0. The van der Waals surface area contributed by atoms with E-state index in [1.165, 1.54) is 12.1 Å². The van der Waals surface area contributed by atoms with Gasteiger partial charge in [0, 0.05) is 12.0 Å². The Morgan fingerprint density at radius 1 is 1.22 bits per heavy atom. The van der Waals surface area contributed by atoms with Crippen LogP contribution in [0.5, 0.6) is 5.75 Å². The molecule has 1 aliphatic heterocycles. The number of fused-ring (bicyclic) bond motifs is 1. The Kier molecular flexibility index (Phi) is 3.77. The largest absolute Gasteiger partial charge is 0.485 e. The minimum atomic E-state index is -4.43. The molecule has 136 valence electrons. The molecule has 27 heavy (non-hydrogen) atoms. The molecule has 0 fully saturated rings. The first-order valence-electron chi connectivity index (χ1n) is 7.82. The van der Waals surface area contributed by atoms with Gasteiger partial charge in [-0.15, -0.1) is 0 Å². The molecule has 1 aromatic heterocycles. The summed E-state index contributed by atoms with van der Waals surface area (Å²) in [6, 6.07) is 10.1. The quantitative estimate of drug-likeness (QED) is 0.741. The Morgan fingerprint density at radius 3 is 2.70 bits per heavy atom. The molecule has 6 nitrogen and oxygen atoms in total. The van der Waals surface area contributed by atoms with Gasteiger partial charge in [-0.05, 0) is 47.5 Å². The molecule has 2 heterocycles. The fourth-order valence-corrected chi connectivity index (χ4v) is 3.00. The van der Waals surface area contributed by atoms with Crippen LogP contribution in [0.15, 0.2) is 45.7 Å². The normalized spacial score (nSPS) is 15.9. The zero-order valence-corrected chi connectivity index (χ0v) is 13.5. The van der Waals surface area contributed by atoms with Crippen LogP contribution in [-0.4, -0.2) is 10.1 Å². The van der Waals surface area contributed by atoms with E-state index in [9.17, 15) is 23.2 Å². The van der Waals surface area contributed by atoms with E-state index in [1.807, 2.05) is 6.07 Å². The van der Waals surface area contributed by atoms with E-state index in [4.69, 9.17) is 4.74 Å². The van der Waals surface area contributed by atoms with Crippen molar-refractivity contribution in [1.29, 1.82) is 5.26 Å². The molecule has 0 aliphatic carbocycles. The first kappa shape index (κ1) is 16.9. The number of alkyl halides is 3. The van der Waals surface area contributed by atoms with Crippen LogP contribution < -0.4 is 10.5 Å². The topological polar surface area (TPSA) is 91.9 Å². The third-order valence-corrected chi connectivity index (χ3v) is 4.23. The molecule has 3 aromatic rings. The number of hydrogen-bond donors (Lipinski definition) is 1. The van der Waals surface area contributed by atoms with E-state index in [0.717, 1.165) is 12.1 Å². The van der Waals surface area contributed by atoms with Crippen molar-refractivity contribution in [3.8, 4) is 23.2 Å². The summed E-state index contributed by atoms with van der Waals surface area (Å²) < 4.78 is 48.9. The molecule has 0 saturated heterocycles. The molecule has 1 unspecified atom stereocenters. The van der Waals surface area contributed by atoms with Crippen molar-refractivity contribution >= 4 is 0 Å². The summed E-state index contributed by atoms with van der Waals surface area (Å²) in [5, 5.41) is 12.8. The van der Waals surface area contributed by atoms with Gasteiger partial charge >= 0.3 is 11.9 Å². The zero-order chi connectivity index (χ0) is 19.2. The van der Waals surface area contributed by atoms with Gasteiger partial charge in [-0.3, -0.25) is 9.51 Å². The highest BCUT2D eigenvalue weighted by atomic mass is 19.4. The number of hydrogen-bond acceptors (Lipinski definition) is 5. The van der Waals surface area contributed by atoms with E-state index >= 15 is 0 Å². The van der Waals surface area contributed by atoms with Crippen molar-refractivity contribution in [3.05, 3.63) is 69.2 Å². The second-order valence-corrected chi connectivity index (χ2v) is 6.03. The van der Waals surface area contributed by atoms with Crippen molar-refractivity contribution < 1.29 is 22.4 Å². The molecule has 1 N–H and O–H groups in total. The van der Waals surface area contributed by atoms with Gasteiger partial charge in [0.1, 0.15) is 11.9 Å². The molecule has 0 saturated carbocycles. The number of benzene rings is 2. The number of halogens is 3. The van der Waals surface area contributed by atoms with Crippen LogP contribution in [0.1, 0.15) is 28.4 Å². The number of nitrogens with one attached hydrogen (secondary N) is 1. The fraction of sp³-hybridized carbons (Fsp3) is 0.167. The number of H-pyrrole nitrogens is 1. The van der Waals surface area contributed by atoms with Crippen LogP contribution in [0, 0.1) is 11.3 Å². The number of aromatic amines is 1. The monoisotopic (exact) mass is 373 g/mol. The molecule has 2 aromatic carbocycles. The molecule has 1 atom stereocenters. The molecule has 4 rings (SSSR count). The first-order chi connectivity index (χ1) is 12.8. The third-order valence-electron chi connectivity index (χ3n) is 4.23. The van der Waals surface area contributed by atoms with Crippen LogP contribution >= 0.6 is 0 Å². The van der Waals surface area contributed by atoms with E-state index in [1.54, 1.807) is 12.1 Å². The predicted octanol–water partition coefficient (Wildman–Crippen LogP) is 3.60. The lowest BCUT2D eigenvalue weighted by Crippen LogP contribution is -2.05. The second-order valence-electron chi connectivity index (χ2n) is 6.03. The molecule has 0 spiro atoms. The summed E-state index contributed by atoms with van der Waals surface area (Å²) in [5.41, 5.74) is 1.01. The highest BCUT2D eigenvalue weighted by molar-refractivity contribution is 5.59. The Morgan fingerprint density at radius 2 is 2.04 bits per heavy atom. The maximum Gasteiger partial charge on any atom is 0.439 e. The number of ether oxygens (including phenoxy) is 1. The molecular formula is C18H10F3N3O3. The average Bonchev–Trinajstić information content (AvgIpc) is 3.26. The van der Waals surface area contributed by atoms with E-state index in [2.05, 4.69) is 14.7 Å². The maximum atomic E-state index is 12.9. The Labute approximate surface area is 149 Å². The van der Waals surface area contributed by atoms with Crippen LogP contribution in [-0.2, 0) is 12.6 Å². The second kappa shape index (κ2) is 6.02. The van der Waals surface area contributed by atoms with Gasteiger partial charge in [-0.1, -0.05) is 5.16 Å². The molecule has 0 bridgehead atoms. The van der Waals surface area contributed by atoms with Crippen molar-refractivity contribution in [2.45, 2.75) is 18.7 Å². The summed E-state index contributed by atoms with van der Waals surface area (Å²) in [6.45, 7) is 0. The number of nitrogens with zero attached hydrogens (tertiary/aromatic N) is 2. The smallest absolute Gasteiger partial charge is 0.439 e. The summed E-state index contributed by atoms with van der Waals surface area (Å²) in [4.78, 5) is 13.5. The SMILES string of the molecule is N#Cc1cc(-c2noc(=O)[nH]2)cc(C2Cc3cc(C(F)(F)F)ccc3O2)c1. The third kappa shape index (κ3) is 3.17. The van der Waals surface area contributed by atoms with Gasteiger partial charge in [0.2, 0.25) is 0 Å². The van der Waals surface area contributed by atoms with Crippen molar-refractivity contribution in [2.75, 3.05) is 0 Å². The van der Waals surface area contributed by atoms with Gasteiger partial charge < -0.3 is 4.74 Å². The lowest BCUT2D eigenvalue weighted by molar-refractivity contribution is -0.137. The molecule has 9 heteroatoms. The van der Waals surface area contributed by atoms with Crippen molar-refractivity contribution in [2.24, 2.45) is 0 Å². The summed E-state index contributed by atoms with van der Waals surface area (Å²) in [5.74, 6) is -0.224. The van der Waals surface area contributed by atoms with Crippen molar-refractivity contribution in [3.63, 3.8) is 0 Å². The number of rotatable bonds is 2. The van der Waals surface area contributed by atoms with Gasteiger partial charge in [-0.25, -0.2) is 4.79 Å². The minimum Gasteiger partial charge on any atom is -0.485 e. The predicted molar refractivity (Wildman–Crippen MR) is 85.8 cm³/mol. The maximum absolute atomic E-state index is 12.9.